The van der Waals surface area contributed by atoms with Crippen molar-refractivity contribution in [2.75, 3.05) is 26.2 Å². The quantitative estimate of drug-likeness (QED) is 0.826. The Kier molecular flexibility index (Phi) is 5.51. The molecule has 0 bridgehead atoms. The van der Waals surface area contributed by atoms with E-state index in [4.69, 9.17) is 0 Å². The molecular formula is C21H28N2O2S. The molecule has 1 fully saturated rings. The molecule has 0 amide bonds. The van der Waals surface area contributed by atoms with Gasteiger partial charge in [0.2, 0.25) is 10.0 Å². The lowest BCUT2D eigenvalue weighted by molar-refractivity contribution is 0.181. The molecule has 5 heteroatoms. The van der Waals surface area contributed by atoms with Gasteiger partial charge in [-0.2, -0.15) is 4.31 Å². The fourth-order valence-corrected chi connectivity index (χ4v) is 5.69. The SMILES string of the molecule is Cc1cc(C)c(S(=O)(=O)N2CCN(Cc3ccccc3C)CC2)c(C)c1. The van der Waals surface area contributed by atoms with E-state index in [1.807, 2.05) is 32.9 Å². The van der Waals surface area contributed by atoms with Crippen molar-refractivity contribution < 1.29 is 8.42 Å². The number of hydrogen-bond donors (Lipinski definition) is 0. The summed E-state index contributed by atoms with van der Waals surface area (Å²) in [6.07, 6.45) is 0. The Bertz CT molecular complexity index is 875. The summed E-state index contributed by atoms with van der Waals surface area (Å²) < 4.78 is 28.0. The third kappa shape index (κ3) is 3.85. The first-order chi connectivity index (χ1) is 12.3. The largest absolute Gasteiger partial charge is 0.296 e. The number of aryl methyl sites for hydroxylation is 4. The van der Waals surface area contributed by atoms with Gasteiger partial charge in [-0.05, 0) is 49.9 Å². The molecule has 140 valence electrons. The minimum Gasteiger partial charge on any atom is -0.296 e. The Morgan fingerprint density at radius 1 is 0.846 bits per heavy atom. The van der Waals surface area contributed by atoms with Crippen LogP contribution in [0.5, 0.6) is 0 Å². The number of benzene rings is 2. The van der Waals surface area contributed by atoms with Crippen molar-refractivity contribution in [1.29, 1.82) is 0 Å². The fourth-order valence-electron chi connectivity index (χ4n) is 3.86. The molecule has 2 aromatic carbocycles. The summed E-state index contributed by atoms with van der Waals surface area (Å²) in [5.74, 6) is 0. The summed E-state index contributed by atoms with van der Waals surface area (Å²) in [4.78, 5) is 2.82. The van der Waals surface area contributed by atoms with Crippen LogP contribution in [0.3, 0.4) is 0 Å². The van der Waals surface area contributed by atoms with Crippen molar-refractivity contribution in [2.45, 2.75) is 39.1 Å². The Hall–Kier alpha value is -1.69. The van der Waals surface area contributed by atoms with E-state index in [9.17, 15) is 8.42 Å². The predicted octanol–water partition coefficient (Wildman–Crippen LogP) is 3.43. The first-order valence-corrected chi connectivity index (χ1v) is 10.6. The lowest BCUT2D eigenvalue weighted by Gasteiger charge is -2.34. The van der Waals surface area contributed by atoms with Gasteiger partial charge >= 0.3 is 0 Å². The molecule has 0 unspecified atom stereocenters. The summed E-state index contributed by atoms with van der Waals surface area (Å²) in [5.41, 5.74) is 5.37. The smallest absolute Gasteiger partial charge is 0.243 e. The van der Waals surface area contributed by atoms with Crippen molar-refractivity contribution in [1.82, 2.24) is 9.21 Å². The zero-order valence-corrected chi connectivity index (χ0v) is 16.9. The van der Waals surface area contributed by atoms with Gasteiger partial charge in [-0.3, -0.25) is 4.90 Å². The van der Waals surface area contributed by atoms with Crippen LogP contribution < -0.4 is 0 Å². The molecule has 2 aromatic rings. The molecule has 1 aliphatic rings. The number of rotatable bonds is 4. The van der Waals surface area contributed by atoms with E-state index in [0.717, 1.165) is 36.3 Å². The van der Waals surface area contributed by atoms with E-state index >= 15 is 0 Å². The van der Waals surface area contributed by atoms with Crippen LogP contribution in [0.25, 0.3) is 0 Å². The van der Waals surface area contributed by atoms with Crippen LogP contribution in [-0.4, -0.2) is 43.8 Å². The second-order valence-electron chi connectivity index (χ2n) is 7.33. The maximum Gasteiger partial charge on any atom is 0.243 e. The van der Waals surface area contributed by atoms with E-state index in [1.165, 1.54) is 11.1 Å². The molecule has 26 heavy (non-hydrogen) atoms. The molecule has 0 saturated carbocycles. The monoisotopic (exact) mass is 372 g/mol. The van der Waals surface area contributed by atoms with E-state index in [0.29, 0.717) is 18.0 Å². The summed E-state index contributed by atoms with van der Waals surface area (Å²) in [7, 11) is -3.44. The highest BCUT2D eigenvalue weighted by Gasteiger charge is 2.30. The standard InChI is InChI=1S/C21H28N2O2S/c1-16-13-18(3)21(19(4)14-16)26(24,25)23-11-9-22(10-12-23)15-20-8-6-5-7-17(20)2/h5-8,13-14H,9-12,15H2,1-4H3. The van der Waals surface area contributed by atoms with Gasteiger partial charge in [0, 0.05) is 32.7 Å². The highest BCUT2D eigenvalue weighted by atomic mass is 32.2. The minimum atomic E-state index is -3.44. The molecule has 0 aromatic heterocycles. The van der Waals surface area contributed by atoms with Crippen molar-refractivity contribution in [3.8, 4) is 0 Å². The van der Waals surface area contributed by atoms with Crippen molar-refractivity contribution in [3.63, 3.8) is 0 Å². The third-order valence-corrected chi connectivity index (χ3v) is 7.39. The van der Waals surface area contributed by atoms with Gasteiger partial charge in [0.1, 0.15) is 0 Å². The number of sulfonamides is 1. The van der Waals surface area contributed by atoms with Gasteiger partial charge in [-0.25, -0.2) is 8.42 Å². The maximum absolute atomic E-state index is 13.2. The zero-order chi connectivity index (χ0) is 18.9. The first-order valence-electron chi connectivity index (χ1n) is 9.14. The molecule has 0 spiro atoms. The first kappa shape index (κ1) is 19.1. The Labute approximate surface area is 157 Å². The van der Waals surface area contributed by atoms with Gasteiger partial charge in [0.25, 0.3) is 0 Å². The molecule has 1 heterocycles. The van der Waals surface area contributed by atoms with Crippen LogP contribution >= 0.6 is 0 Å². The highest BCUT2D eigenvalue weighted by molar-refractivity contribution is 7.89. The van der Waals surface area contributed by atoms with Crippen molar-refractivity contribution in [2.24, 2.45) is 0 Å². The summed E-state index contributed by atoms with van der Waals surface area (Å²) in [5, 5.41) is 0. The molecule has 0 aliphatic carbocycles. The topological polar surface area (TPSA) is 40.6 Å². The predicted molar refractivity (Wildman–Crippen MR) is 106 cm³/mol. The molecule has 0 radical (unpaired) electrons. The Morgan fingerprint density at radius 2 is 1.42 bits per heavy atom. The van der Waals surface area contributed by atoms with E-state index in [2.05, 4.69) is 36.1 Å². The van der Waals surface area contributed by atoms with Crippen LogP contribution in [0, 0.1) is 27.7 Å². The molecule has 3 rings (SSSR count). The highest BCUT2D eigenvalue weighted by Crippen LogP contribution is 2.26. The molecule has 1 saturated heterocycles. The molecule has 1 aliphatic heterocycles. The third-order valence-electron chi connectivity index (χ3n) is 5.19. The lowest BCUT2D eigenvalue weighted by atomic mass is 10.1. The Balaban J connectivity index is 1.72. The van der Waals surface area contributed by atoms with Crippen LogP contribution in [-0.2, 0) is 16.6 Å². The van der Waals surface area contributed by atoms with Crippen molar-refractivity contribution in [3.05, 3.63) is 64.2 Å². The fraction of sp³-hybridized carbons (Fsp3) is 0.429. The van der Waals surface area contributed by atoms with E-state index < -0.39 is 10.0 Å². The van der Waals surface area contributed by atoms with Crippen LogP contribution in [0.4, 0.5) is 0 Å². The second kappa shape index (κ2) is 7.51. The molecular weight excluding hydrogens is 344 g/mol. The van der Waals surface area contributed by atoms with Crippen LogP contribution in [0.1, 0.15) is 27.8 Å². The van der Waals surface area contributed by atoms with Gasteiger partial charge in [0.05, 0.1) is 4.90 Å². The van der Waals surface area contributed by atoms with Gasteiger partial charge < -0.3 is 0 Å². The summed E-state index contributed by atoms with van der Waals surface area (Å²) in [6.45, 7) is 11.4. The number of nitrogens with zero attached hydrogens (tertiary/aromatic N) is 2. The van der Waals surface area contributed by atoms with Gasteiger partial charge in [0.15, 0.2) is 0 Å². The van der Waals surface area contributed by atoms with Gasteiger partial charge in [-0.1, -0.05) is 42.0 Å². The van der Waals surface area contributed by atoms with Crippen LogP contribution in [0.2, 0.25) is 0 Å². The number of piperazine rings is 1. The molecule has 0 atom stereocenters. The number of hydrogen-bond acceptors (Lipinski definition) is 3. The average Bonchev–Trinajstić information content (AvgIpc) is 2.56. The average molecular weight is 373 g/mol. The molecule has 4 nitrogen and oxygen atoms in total. The minimum absolute atomic E-state index is 0.482. The zero-order valence-electron chi connectivity index (χ0n) is 16.1. The van der Waals surface area contributed by atoms with Crippen molar-refractivity contribution >= 4 is 10.0 Å². The molecule has 0 N–H and O–H groups in total. The summed E-state index contributed by atoms with van der Waals surface area (Å²) in [6, 6.07) is 12.3. The van der Waals surface area contributed by atoms with E-state index in [1.54, 1.807) is 4.31 Å². The van der Waals surface area contributed by atoms with E-state index in [-0.39, 0.29) is 0 Å². The van der Waals surface area contributed by atoms with Crippen LogP contribution in [0.15, 0.2) is 41.3 Å². The normalized spacial score (nSPS) is 16.8. The maximum atomic E-state index is 13.2. The lowest BCUT2D eigenvalue weighted by Crippen LogP contribution is -2.48. The summed E-state index contributed by atoms with van der Waals surface area (Å²) >= 11 is 0. The second-order valence-corrected chi connectivity index (χ2v) is 9.21. The Morgan fingerprint density at radius 3 is 2.00 bits per heavy atom. The van der Waals surface area contributed by atoms with Gasteiger partial charge in [-0.15, -0.1) is 0 Å².